The van der Waals surface area contributed by atoms with E-state index in [1.165, 1.54) is 12.1 Å². The Bertz CT molecular complexity index is 616. The summed E-state index contributed by atoms with van der Waals surface area (Å²) in [6.07, 6.45) is 3.02. The zero-order valence-corrected chi connectivity index (χ0v) is 15.6. The second-order valence-corrected chi connectivity index (χ2v) is 6.62. The zero-order chi connectivity index (χ0) is 19.5. The molecule has 0 heterocycles. The Morgan fingerprint density at radius 3 is 2.42 bits per heavy atom. The molecular formula is C19H28N2O5. The molecule has 1 atom stereocenters. The molecule has 0 aliphatic carbocycles. The Kier molecular flexibility index (Phi) is 9.19. The highest BCUT2D eigenvalue weighted by molar-refractivity contribution is 5.94. The number of esters is 1. The van der Waals surface area contributed by atoms with Gasteiger partial charge >= 0.3 is 5.97 Å². The molecule has 1 aromatic carbocycles. The van der Waals surface area contributed by atoms with Crippen LogP contribution in [0, 0.1) is 5.92 Å². The molecule has 2 amide bonds. The lowest BCUT2D eigenvalue weighted by Gasteiger charge is -2.15. The lowest BCUT2D eigenvalue weighted by atomic mass is 10.0. The molecule has 0 radical (unpaired) electrons. The fourth-order valence-electron chi connectivity index (χ4n) is 2.34. The van der Waals surface area contributed by atoms with Gasteiger partial charge in [0.1, 0.15) is 11.3 Å². The number of hydrogen-bond acceptors (Lipinski definition) is 5. The van der Waals surface area contributed by atoms with Gasteiger partial charge in [-0.05, 0) is 31.4 Å². The fourth-order valence-corrected chi connectivity index (χ4v) is 2.34. The van der Waals surface area contributed by atoms with Crippen molar-refractivity contribution < 1.29 is 23.9 Å². The van der Waals surface area contributed by atoms with Crippen molar-refractivity contribution in [3.05, 3.63) is 29.8 Å². The van der Waals surface area contributed by atoms with Crippen LogP contribution in [0.25, 0.3) is 0 Å². The van der Waals surface area contributed by atoms with Crippen molar-refractivity contribution >= 4 is 17.8 Å². The minimum Gasteiger partial charge on any atom is -0.483 e. The van der Waals surface area contributed by atoms with Crippen LogP contribution in [0.1, 0.15) is 50.4 Å². The molecule has 144 valence electrons. The minimum atomic E-state index is -0.701. The lowest BCUT2D eigenvalue weighted by molar-refractivity contribution is -0.124. The lowest BCUT2D eigenvalue weighted by Crippen LogP contribution is -2.35. The monoisotopic (exact) mass is 364 g/mol. The van der Waals surface area contributed by atoms with Gasteiger partial charge in [-0.3, -0.25) is 9.59 Å². The molecule has 0 aliphatic heterocycles. The molecule has 0 saturated carbocycles. The first kappa shape index (κ1) is 21.5. The molecule has 7 heteroatoms. The Labute approximate surface area is 154 Å². The number of primary amides is 1. The van der Waals surface area contributed by atoms with E-state index in [1.807, 2.05) is 6.92 Å². The average molecular weight is 364 g/mol. The summed E-state index contributed by atoms with van der Waals surface area (Å²) in [6.45, 7) is 5.52. The molecule has 26 heavy (non-hydrogen) atoms. The first-order valence-corrected chi connectivity index (χ1v) is 8.76. The summed E-state index contributed by atoms with van der Waals surface area (Å²) in [4.78, 5) is 34.9. The van der Waals surface area contributed by atoms with Crippen molar-refractivity contribution in [2.75, 3.05) is 13.2 Å². The predicted octanol–water partition coefficient (Wildman–Crippen LogP) is 2.04. The number of hydrogen-bond donors (Lipinski definition) is 2. The van der Waals surface area contributed by atoms with Crippen LogP contribution in [-0.2, 0) is 14.3 Å². The van der Waals surface area contributed by atoms with Gasteiger partial charge in [0.05, 0.1) is 0 Å². The maximum atomic E-state index is 12.1. The second-order valence-electron chi connectivity index (χ2n) is 6.62. The summed E-state index contributed by atoms with van der Waals surface area (Å²) < 4.78 is 10.2. The molecule has 1 unspecified atom stereocenters. The van der Waals surface area contributed by atoms with E-state index in [2.05, 4.69) is 19.2 Å². The van der Waals surface area contributed by atoms with Crippen molar-refractivity contribution in [2.45, 2.75) is 46.1 Å². The average Bonchev–Trinajstić information content (AvgIpc) is 2.57. The zero-order valence-electron chi connectivity index (χ0n) is 15.6. The highest BCUT2D eigenvalue weighted by Crippen LogP contribution is 2.18. The Morgan fingerprint density at radius 2 is 1.77 bits per heavy atom. The Hall–Kier alpha value is -2.57. The number of carbonyl (C=O) groups excluding carboxylic acids is 3. The Balaban J connectivity index is 2.46. The van der Waals surface area contributed by atoms with Crippen molar-refractivity contribution in [1.29, 1.82) is 0 Å². The number of nitrogens with two attached hydrogens (primary N) is 1. The first-order chi connectivity index (χ1) is 12.3. The molecule has 0 saturated heterocycles. The number of rotatable bonds is 11. The third-order valence-corrected chi connectivity index (χ3v) is 3.64. The van der Waals surface area contributed by atoms with Crippen molar-refractivity contribution in [2.24, 2.45) is 11.7 Å². The van der Waals surface area contributed by atoms with Gasteiger partial charge in [0.15, 0.2) is 13.2 Å². The highest BCUT2D eigenvalue weighted by atomic mass is 16.5. The van der Waals surface area contributed by atoms with Gasteiger partial charge in [-0.15, -0.1) is 0 Å². The highest BCUT2D eigenvalue weighted by Gasteiger charge is 2.16. The number of amides is 2. The molecule has 0 spiro atoms. The molecule has 0 bridgehead atoms. The van der Waals surface area contributed by atoms with Crippen LogP contribution in [0.3, 0.4) is 0 Å². The molecule has 0 fully saturated rings. The standard InChI is InChI=1S/C19H28N2O5/c1-13(2)7-6-8-14(3)21-18(23)12-26-19(24)15-9-4-5-10-16(15)25-11-17(20)22/h4-5,9-10,13-14H,6-8,11-12H2,1-3H3,(H2,20,22)(H,21,23). The van der Waals surface area contributed by atoms with E-state index in [1.54, 1.807) is 12.1 Å². The third kappa shape index (κ3) is 8.50. The molecule has 0 aromatic heterocycles. The smallest absolute Gasteiger partial charge is 0.342 e. The molecule has 7 nitrogen and oxygen atoms in total. The van der Waals surface area contributed by atoms with Gasteiger partial charge in [-0.25, -0.2) is 4.79 Å². The van der Waals surface area contributed by atoms with E-state index >= 15 is 0 Å². The normalized spacial score (nSPS) is 11.7. The van der Waals surface area contributed by atoms with E-state index in [4.69, 9.17) is 15.2 Å². The quantitative estimate of drug-likeness (QED) is 0.584. The van der Waals surface area contributed by atoms with Gasteiger partial charge in [0.25, 0.3) is 11.8 Å². The predicted molar refractivity (Wildman–Crippen MR) is 97.7 cm³/mol. The van der Waals surface area contributed by atoms with Crippen LogP contribution in [0.2, 0.25) is 0 Å². The van der Waals surface area contributed by atoms with Gasteiger partial charge in [0, 0.05) is 6.04 Å². The van der Waals surface area contributed by atoms with Crippen molar-refractivity contribution in [3.63, 3.8) is 0 Å². The summed E-state index contributed by atoms with van der Waals surface area (Å²) >= 11 is 0. The molecule has 1 aromatic rings. The van der Waals surface area contributed by atoms with E-state index in [0.29, 0.717) is 5.92 Å². The van der Waals surface area contributed by atoms with Crippen LogP contribution in [0.4, 0.5) is 0 Å². The summed E-state index contributed by atoms with van der Waals surface area (Å²) in [7, 11) is 0. The Morgan fingerprint density at radius 1 is 1.08 bits per heavy atom. The van der Waals surface area contributed by atoms with Gasteiger partial charge in [-0.2, -0.15) is 0 Å². The number of nitrogens with one attached hydrogen (secondary N) is 1. The number of benzene rings is 1. The number of para-hydroxylation sites is 1. The minimum absolute atomic E-state index is 0.0196. The number of carbonyl (C=O) groups is 3. The van der Waals surface area contributed by atoms with Gasteiger partial charge in [0.2, 0.25) is 0 Å². The van der Waals surface area contributed by atoms with Gasteiger partial charge < -0.3 is 20.5 Å². The molecular weight excluding hydrogens is 336 g/mol. The molecule has 3 N–H and O–H groups in total. The topological polar surface area (TPSA) is 108 Å². The summed E-state index contributed by atoms with van der Waals surface area (Å²) in [6, 6.07) is 6.32. The molecule has 1 rings (SSSR count). The van der Waals surface area contributed by atoms with Crippen molar-refractivity contribution in [3.8, 4) is 5.75 Å². The summed E-state index contributed by atoms with van der Waals surface area (Å²) in [5, 5.41) is 2.81. The van der Waals surface area contributed by atoms with E-state index in [9.17, 15) is 14.4 Å². The van der Waals surface area contributed by atoms with E-state index in [-0.39, 0.29) is 36.5 Å². The molecule has 0 aliphatic rings. The van der Waals surface area contributed by atoms with Crippen LogP contribution >= 0.6 is 0 Å². The fraction of sp³-hybridized carbons (Fsp3) is 0.526. The third-order valence-electron chi connectivity index (χ3n) is 3.64. The van der Waals surface area contributed by atoms with Crippen LogP contribution in [-0.4, -0.2) is 37.0 Å². The van der Waals surface area contributed by atoms with Crippen LogP contribution in [0.15, 0.2) is 24.3 Å². The van der Waals surface area contributed by atoms with Gasteiger partial charge in [-0.1, -0.05) is 38.8 Å². The SMILES string of the molecule is CC(C)CCCC(C)NC(=O)COC(=O)c1ccccc1OCC(N)=O. The van der Waals surface area contributed by atoms with Crippen LogP contribution < -0.4 is 15.8 Å². The maximum absolute atomic E-state index is 12.1. The second kappa shape index (κ2) is 11.1. The van der Waals surface area contributed by atoms with E-state index < -0.39 is 11.9 Å². The summed E-state index contributed by atoms with van der Waals surface area (Å²) in [5.74, 6) is -0.896. The summed E-state index contributed by atoms with van der Waals surface area (Å²) in [5.41, 5.74) is 5.16. The maximum Gasteiger partial charge on any atom is 0.342 e. The first-order valence-electron chi connectivity index (χ1n) is 8.76. The van der Waals surface area contributed by atoms with Crippen molar-refractivity contribution in [1.82, 2.24) is 5.32 Å². The van der Waals surface area contributed by atoms with Crippen LogP contribution in [0.5, 0.6) is 5.75 Å². The number of ether oxygens (including phenoxy) is 2. The van der Waals surface area contributed by atoms with E-state index in [0.717, 1.165) is 19.3 Å². The largest absolute Gasteiger partial charge is 0.483 e.